The van der Waals surface area contributed by atoms with Crippen molar-refractivity contribution in [2.75, 3.05) is 0 Å². The Bertz CT molecular complexity index is 4710. The summed E-state index contributed by atoms with van der Waals surface area (Å²) in [5.41, 5.74) is 32.8. The number of para-hydroxylation sites is 2. The van der Waals surface area contributed by atoms with Gasteiger partial charge in [-0.2, -0.15) is 0 Å². The minimum absolute atomic E-state index is 0.0603. The summed E-state index contributed by atoms with van der Waals surface area (Å²) in [5, 5.41) is 8.02. The maximum atomic E-state index is 2.81. The molecule has 0 N–H and O–H groups in total. The van der Waals surface area contributed by atoms with E-state index in [0.29, 0.717) is 0 Å². The molecule has 0 saturated heterocycles. The van der Waals surface area contributed by atoms with Crippen LogP contribution in [0.4, 0.5) is 0 Å². The fraction of sp³-hybridized carbons (Fsp3) is 0.270. The molecule has 0 amide bonds. The van der Waals surface area contributed by atoms with Crippen molar-refractivity contribution in [3.05, 3.63) is 201 Å². The van der Waals surface area contributed by atoms with E-state index in [9.17, 15) is 0 Å². The normalized spacial score (nSPS) is 14.9. The molecule has 0 bridgehead atoms. The maximum absolute atomic E-state index is 2.81. The van der Waals surface area contributed by atoms with Gasteiger partial charge in [-0.05, 0) is 162 Å². The Balaban J connectivity index is 1.17. The van der Waals surface area contributed by atoms with Crippen molar-refractivity contribution in [3.63, 3.8) is 0 Å². The number of aryl methyl sites for hydroxylation is 3. The Hall–Kier alpha value is -7.56. The monoisotopic (exact) mass is 1010 g/mol. The Morgan fingerprint density at radius 1 is 0.372 bits per heavy atom. The number of hydrogen-bond donors (Lipinski definition) is 0. The van der Waals surface area contributed by atoms with E-state index >= 15 is 0 Å². The molecule has 0 atom stereocenters. The van der Waals surface area contributed by atoms with Gasteiger partial charge in [0, 0.05) is 49.2 Å². The molecule has 4 aliphatic rings. The molecule has 6 heterocycles. The van der Waals surface area contributed by atoms with Crippen LogP contribution >= 0.6 is 0 Å². The van der Waals surface area contributed by atoms with E-state index in [-0.39, 0.29) is 28.4 Å². The maximum Gasteiger partial charge on any atom is 0.252 e. The summed E-state index contributed by atoms with van der Waals surface area (Å²) in [4.78, 5) is 0. The third-order valence-electron chi connectivity index (χ3n) is 19.4. The molecule has 0 unspecified atom stereocenters. The van der Waals surface area contributed by atoms with Crippen molar-refractivity contribution in [2.45, 2.75) is 131 Å². The van der Waals surface area contributed by atoms with Crippen LogP contribution in [0.2, 0.25) is 0 Å². The zero-order valence-electron chi connectivity index (χ0n) is 48.2. The van der Waals surface area contributed by atoms with Gasteiger partial charge in [-0.25, -0.2) is 0 Å². The van der Waals surface area contributed by atoms with E-state index in [1.807, 2.05) is 0 Å². The molecule has 9 aromatic carbocycles. The van der Waals surface area contributed by atoms with Crippen LogP contribution in [0.15, 0.2) is 140 Å². The quantitative estimate of drug-likeness (QED) is 0.146. The largest absolute Gasteiger partial charge is 0.310 e. The molecule has 3 aromatic heterocycles. The topological polar surface area (TPSA) is 14.8 Å². The highest BCUT2D eigenvalue weighted by atomic mass is 15.1. The van der Waals surface area contributed by atoms with Crippen molar-refractivity contribution in [2.24, 2.45) is 0 Å². The van der Waals surface area contributed by atoms with Gasteiger partial charge < -0.3 is 13.7 Å². The number of rotatable bonds is 1. The predicted octanol–water partition coefficient (Wildman–Crippen LogP) is 16.9. The molecule has 0 saturated carbocycles. The molecule has 3 aliphatic heterocycles. The van der Waals surface area contributed by atoms with Gasteiger partial charge >= 0.3 is 0 Å². The summed E-state index contributed by atoms with van der Waals surface area (Å²) in [6.07, 6.45) is 0. The number of hydrogen-bond acceptors (Lipinski definition) is 0. The second-order valence-electron chi connectivity index (χ2n) is 28.4. The molecule has 0 fully saturated rings. The summed E-state index contributed by atoms with van der Waals surface area (Å²) in [6.45, 7) is 35.6. The Morgan fingerprint density at radius 3 is 1.47 bits per heavy atom. The summed E-state index contributed by atoms with van der Waals surface area (Å²) in [6, 6.07) is 56.7. The van der Waals surface area contributed by atoms with Gasteiger partial charge in [0.1, 0.15) is 0 Å². The summed E-state index contributed by atoms with van der Waals surface area (Å²) in [5.74, 6) is 0. The van der Waals surface area contributed by atoms with Gasteiger partial charge in [0.05, 0.1) is 38.7 Å². The smallest absolute Gasteiger partial charge is 0.252 e. The van der Waals surface area contributed by atoms with Crippen molar-refractivity contribution < 1.29 is 0 Å². The zero-order valence-corrected chi connectivity index (χ0v) is 48.2. The van der Waals surface area contributed by atoms with Crippen LogP contribution in [0.3, 0.4) is 0 Å². The van der Waals surface area contributed by atoms with Gasteiger partial charge in [0.15, 0.2) is 0 Å². The van der Waals surface area contributed by atoms with Crippen LogP contribution in [0, 0.1) is 20.8 Å². The van der Waals surface area contributed by atoms with Crippen LogP contribution < -0.4 is 16.4 Å². The van der Waals surface area contributed by atoms with Crippen LogP contribution in [0.1, 0.15) is 144 Å². The van der Waals surface area contributed by atoms with Crippen molar-refractivity contribution in [1.29, 1.82) is 0 Å². The van der Waals surface area contributed by atoms with Gasteiger partial charge in [0.25, 0.3) is 6.71 Å². The Kier molecular flexibility index (Phi) is 8.57. The fourth-order valence-electron chi connectivity index (χ4n) is 15.9. The van der Waals surface area contributed by atoms with Crippen molar-refractivity contribution in [3.8, 4) is 28.2 Å². The Labute approximate surface area is 459 Å². The summed E-state index contributed by atoms with van der Waals surface area (Å²) >= 11 is 0. The first-order valence-corrected chi connectivity index (χ1v) is 28.7. The zero-order chi connectivity index (χ0) is 54.0. The first kappa shape index (κ1) is 46.5. The highest BCUT2D eigenvalue weighted by Crippen LogP contribution is 2.63. The van der Waals surface area contributed by atoms with Crippen LogP contribution in [-0.2, 0) is 27.1 Å². The lowest BCUT2D eigenvalue weighted by molar-refractivity contribution is 0.583. The first-order chi connectivity index (χ1) is 37.0. The lowest BCUT2D eigenvalue weighted by Gasteiger charge is -2.45. The number of nitrogens with zero attached hydrogens (tertiary/aromatic N) is 3. The molecule has 1 spiro atoms. The minimum Gasteiger partial charge on any atom is -0.310 e. The van der Waals surface area contributed by atoms with Crippen molar-refractivity contribution >= 4 is 88.5 Å². The van der Waals surface area contributed by atoms with Crippen LogP contribution in [0.5, 0.6) is 0 Å². The van der Waals surface area contributed by atoms with E-state index < -0.39 is 5.41 Å². The highest BCUT2D eigenvalue weighted by Gasteiger charge is 2.55. The van der Waals surface area contributed by atoms with Crippen LogP contribution in [0.25, 0.3) is 93.6 Å². The summed E-state index contributed by atoms with van der Waals surface area (Å²) < 4.78 is 8.15. The lowest BCUT2D eigenvalue weighted by Crippen LogP contribution is -2.60. The molecule has 78 heavy (non-hydrogen) atoms. The average Bonchev–Trinajstić information content (AvgIpc) is 2.73. The second-order valence-corrected chi connectivity index (χ2v) is 28.4. The summed E-state index contributed by atoms with van der Waals surface area (Å²) in [7, 11) is 0. The second kappa shape index (κ2) is 14.4. The highest BCUT2D eigenvalue weighted by molar-refractivity contribution is 7.00. The van der Waals surface area contributed by atoms with Gasteiger partial charge in [-0.1, -0.05) is 192 Å². The molecular weight excluding hydrogens is 942 g/mol. The third-order valence-corrected chi connectivity index (χ3v) is 19.4. The lowest BCUT2D eigenvalue weighted by atomic mass is 9.33. The molecule has 12 aromatic rings. The van der Waals surface area contributed by atoms with Gasteiger partial charge in [-0.15, -0.1) is 0 Å². The third kappa shape index (κ3) is 5.52. The van der Waals surface area contributed by atoms with E-state index in [4.69, 9.17) is 0 Å². The number of fused-ring (bicyclic) bond motifs is 18. The molecule has 4 heteroatoms. The molecular formula is C74H68BN3. The van der Waals surface area contributed by atoms with Crippen LogP contribution in [-0.4, -0.2) is 20.4 Å². The van der Waals surface area contributed by atoms with E-state index in [1.165, 1.54) is 171 Å². The molecule has 3 nitrogen and oxygen atoms in total. The van der Waals surface area contributed by atoms with Crippen molar-refractivity contribution in [1.82, 2.24) is 13.7 Å². The van der Waals surface area contributed by atoms with Gasteiger partial charge in [0.2, 0.25) is 0 Å². The fourth-order valence-corrected chi connectivity index (χ4v) is 15.9. The molecule has 16 rings (SSSR count). The molecule has 382 valence electrons. The average molecular weight is 1010 g/mol. The number of aromatic nitrogens is 3. The first-order valence-electron chi connectivity index (χ1n) is 28.7. The predicted molar refractivity (Wildman–Crippen MR) is 334 cm³/mol. The SMILES string of the molecule is Cc1cc(C)c(-n2c3ccccc3c3c4c5ccccc5n5c4c(cc32)B2c3c-5ccc4c3-n3c5c2cc(C(C)(C)C)cc5c2cc(C(C)(C)C)cc(c23)C42c3cc(C(C)(C)C)ccc3-c3ccc(C(C)(C)C)cc32)c(C)c1. The Morgan fingerprint density at radius 2 is 0.885 bits per heavy atom. The molecule has 1 aliphatic carbocycles. The standard InChI is InChI=1S/C74H68BN3/c1-39-30-40(2)65(41(3)31-39)77-58-22-18-16-20-48(58)62-61(77)38-57-69-63(62)49-21-17-19-23-59(49)76(69)60-29-28-52-68-64(60)75(57)56-37-45(73(13,14)15)33-51-50-32-44(72(10,11)12)36-55(66(50)78(68)67(51)56)74(52)53-34-42(70(4,5)6)24-26-46(53)47-27-25-43(35-54(47)74)71(7,8)9/h16-38H,1-15H3. The van der Waals surface area contributed by atoms with E-state index in [2.05, 4.69) is 257 Å². The van der Waals surface area contributed by atoms with E-state index in [0.717, 1.165) is 0 Å². The van der Waals surface area contributed by atoms with Gasteiger partial charge in [-0.3, -0.25) is 0 Å². The number of benzene rings is 9. The molecule has 0 radical (unpaired) electrons. The van der Waals surface area contributed by atoms with E-state index in [1.54, 1.807) is 0 Å². The minimum atomic E-state index is -0.623.